The molecule has 112 valence electrons. The summed E-state index contributed by atoms with van der Waals surface area (Å²) in [5.74, 6) is -0.594. The van der Waals surface area contributed by atoms with Crippen LogP contribution in [0.25, 0.3) is 0 Å². The highest BCUT2D eigenvalue weighted by molar-refractivity contribution is 5.46. The molecule has 2 aromatic carbocycles. The van der Waals surface area contributed by atoms with Gasteiger partial charge < -0.3 is 10.6 Å². The summed E-state index contributed by atoms with van der Waals surface area (Å²) in [6.07, 6.45) is 0. The average molecular weight is 290 g/mol. The molecule has 0 amide bonds. The first-order chi connectivity index (χ1) is 10.0. The standard InChI is InChI=1S/C17H20F2N2/c1-12(17(20)13-7-3-4-8-14(13)18)11-21(2)16-10-6-5-9-15(16)19/h3-10,12,17H,11,20H2,1-2H3. The third-order valence-corrected chi connectivity index (χ3v) is 3.70. The van der Waals surface area contributed by atoms with Crippen molar-refractivity contribution in [3.05, 3.63) is 65.7 Å². The number of benzene rings is 2. The molecule has 2 nitrogen and oxygen atoms in total. The second-order valence-corrected chi connectivity index (χ2v) is 5.36. The van der Waals surface area contributed by atoms with Crippen LogP contribution in [0.3, 0.4) is 0 Å². The van der Waals surface area contributed by atoms with Crippen molar-refractivity contribution in [1.29, 1.82) is 0 Å². The van der Waals surface area contributed by atoms with Gasteiger partial charge in [0.25, 0.3) is 0 Å². The second-order valence-electron chi connectivity index (χ2n) is 5.36. The van der Waals surface area contributed by atoms with Crippen LogP contribution < -0.4 is 10.6 Å². The molecular weight excluding hydrogens is 270 g/mol. The largest absolute Gasteiger partial charge is 0.372 e. The van der Waals surface area contributed by atoms with E-state index in [1.165, 1.54) is 12.1 Å². The summed E-state index contributed by atoms with van der Waals surface area (Å²) in [5.41, 5.74) is 7.15. The van der Waals surface area contributed by atoms with Gasteiger partial charge in [0.2, 0.25) is 0 Å². The first-order valence-corrected chi connectivity index (χ1v) is 6.96. The van der Waals surface area contributed by atoms with E-state index in [2.05, 4.69) is 0 Å². The van der Waals surface area contributed by atoms with Crippen LogP contribution in [0.2, 0.25) is 0 Å². The van der Waals surface area contributed by atoms with E-state index < -0.39 is 6.04 Å². The van der Waals surface area contributed by atoms with E-state index >= 15 is 0 Å². The van der Waals surface area contributed by atoms with E-state index in [0.29, 0.717) is 17.8 Å². The number of hydrogen-bond acceptors (Lipinski definition) is 2. The lowest BCUT2D eigenvalue weighted by Crippen LogP contribution is -2.31. The topological polar surface area (TPSA) is 29.3 Å². The predicted molar refractivity (Wildman–Crippen MR) is 82.2 cm³/mol. The van der Waals surface area contributed by atoms with Gasteiger partial charge in [0.1, 0.15) is 11.6 Å². The molecule has 2 rings (SSSR count). The molecule has 0 spiro atoms. The molecule has 0 aromatic heterocycles. The zero-order valence-electron chi connectivity index (χ0n) is 12.3. The van der Waals surface area contributed by atoms with Gasteiger partial charge in [-0.3, -0.25) is 0 Å². The van der Waals surface area contributed by atoms with Crippen LogP contribution in [0.1, 0.15) is 18.5 Å². The molecule has 21 heavy (non-hydrogen) atoms. The van der Waals surface area contributed by atoms with E-state index in [4.69, 9.17) is 5.73 Å². The molecule has 0 aliphatic carbocycles. The maximum Gasteiger partial charge on any atom is 0.146 e. The lowest BCUT2D eigenvalue weighted by atomic mass is 9.94. The summed E-state index contributed by atoms with van der Waals surface area (Å²) in [6, 6.07) is 12.7. The Hall–Kier alpha value is -1.94. The molecule has 0 bridgehead atoms. The molecule has 2 unspecified atom stereocenters. The lowest BCUT2D eigenvalue weighted by molar-refractivity contribution is 0.451. The molecule has 0 heterocycles. The number of anilines is 1. The van der Waals surface area contributed by atoms with Crippen LogP contribution in [0.5, 0.6) is 0 Å². The number of nitrogens with two attached hydrogens (primary N) is 1. The van der Waals surface area contributed by atoms with Crippen LogP contribution in [-0.2, 0) is 0 Å². The number of hydrogen-bond donors (Lipinski definition) is 1. The molecule has 0 radical (unpaired) electrons. The third-order valence-electron chi connectivity index (χ3n) is 3.70. The number of nitrogens with zero attached hydrogens (tertiary/aromatic N) is 1. The molecule has 0 saturated carbocycles. The van der Waals surface area contributed by atoms with Crippen molar-refractivity contribution in [1.82, 2.24) is 0 Å². The predicted octanol–water partition coefficient (Wildman–Crippen LogP) is 3.74. The molecular formula is C17H20F2N2. The fraction of sp³-hybridized carbons (Fsp3) is 0.294. The van der Waals surface area contributed by atoms with Crippen LogP contribution in [0.4, 0.5) is 14.5 Å². The van der Waals surface area contributed by atoms with E-state index in [-0.39, 0.29) is 17.6 Å². The van der Waals surface area contributed by atoms with Crippen molar-refractivity contribution < 1.29 is 8.78 Å². The smallest absolute Gasteiger partial charge is 0.146 e. The Balaban J connectivity index is 2.09. The van der Waals surface area contributed by atoms with Crippen molar-refractivity contribution >= 4 is 5.69 Å². The molecule has 0 fully saturated rings. The third kappa shape index (κ3) is 3.58. The van der Waals surface area contributed by atoms with Crippen molar-refractivity contribution in [2.45, 2.75) is 13.0 Å². The van der Waals surface area contributed by atoms with E-state index in [1.54, 1.807) is 41.3 Å². The zero-order chi connectivity index (χ0) is 15.4. The highest BCUT2D eigenvalue weighted by Crippen LogP contribution is 2.25. The van der Waals surface area contributed by atoms with Gasteiger partial charge in [-0.2, -0.15) is 0 Å². The Kier molecular flexibility index (Phi) is 4.91. The molecule has 2 aromatic rings. The summed E-state index contributed by atoms with van der Waals surface area (Å²) in [7, 11) is 1.81. The van der Waals surface area contributed by atoms with E-state index in [1.807, 2.05) is 14.0 Å². The molecule has 0 aliphatic rings. The summed E-state index contributed by atoms with van der Waals surface area (Å²) < 4.78 is 27.5. The second kappa shape index (κ2) is 6.68. The van der Waals surface area contributed by atoms with Crippen LogP contribution in [-0.4, -0.2) is 13.6 Å². The molecule has 2 atom stereocenters. The Labute approximate surface area is 124 Å². The Bertz CT molecular complexity index is 601. The Morgan fingerprint density at radius 1 is 1.00 bits per heavy atom. The maximum atomic E-state index is 13.8. The van der Waals surface area contributed by atoms with Gasteiger partial charge in [-0.05, 0) is 24.1 Å². The summed E-state index contributed by atoms with van der Waals surface area (Å²) in [4.78, 5) is 1.81. The van der Waals surface area contributed by atoms with E-state index in [0.717, 1.165) is 0 Å². The zero-order valence-corrected chi connectivity index (χ0v) is 12.3. The molecule has 4 heteroatoms. The summed E-state index contributed by atoms with van der Waals surface area (Å²) >= 11 is 0. The first-order valence-electron chi connectivity index (χ1n) is 6.96. The highest BCUT2D eigenvalue weighted by Gasteiger charge is 2.20. The maximum absolute atomic E-state index is 13.8. The van der Waals surface area contributed by atoms with Crippen LogP contribution >= 0.6 is 0 Å². The SMILES string of the molecule is CC(CN(C)c1ccccc1F)C(N)c1ccccc1F. The highest BCUT2D eigenvalue weighted by atomic mass is 19.1. The molecule has 0 saturated heterocycles. The lowest BCUT2D eigenvalue weighted by Gasteiger charge is -2.27. The number of rotatable bonds is 5. The van der Waals surface area contributed by atoms with Crippen LogP contribution in [0.15, 0.2) is 48.5 Å². The van der Waals surface area contributed by atoms with Gasteiger partial charge >= 0.3 is 0 Å². The van der Waals surface area contributed by atoms with Crippen molar-refractivity contribution in [2.75, 3.05) is 18.5 Å². The van der Waals surface area contributed by atoms with Gasteiger partial charge in [0.05, 0.1) is 5.69 Å². The fourth-order valence-corrected chi connectivity index (χ4v) is 2.46. The number of para-hydroxylation sites is 1. The molecule has 0 aliphatic heterocycles. The minimum atomic E-state index is -0.430. The first kappa shape index (κ1) is 15.4. The van der Waals surface area contributed by atoms with Gasteiger partial charge in [0.15, 0.2) is 0 Å². The summed E-state index contributed by atoms with van der Waals surface area (Å²) in [6.45, 7) is 2.48. The van der Waals surface area contributed by atoms with Crippen molar-refractivity contribution in [2.24, 2.45) is 11.7 Å². The Morgan fingerprint density at radius 2 is 1.57 bits per heavy atom. The van der Waals surface area contributed by atoms with Gasteiger partial charge in [-0.15, -0.1) is 0 Å². The quantitative estimate of drug-likeness (QED) is 0.909. The van der Waals surface area contributed by atoms with Gasteiger partial charge in [-0.25, -0.2) is 8.78 Å². The normalized spacial score (nSPS) is 13.8. The van der Waals surface area contributed by atoms with Crippen molar-refractivity contribution in [3.63, 3.8) is 0 Å². The monoisotopic (exact) mass is 290 g/mol. The summed E-state index contributed by atoms with van der Waals surface area (Å²) in [5, 5.41) is 0. The minimum absolute atomic E-state index is 0.0218. The van der Waals surface area contributed by atoms with Crippen LogP contribution in [0, 0.1) is 17.6 Å². The van der Waals surface area contributed by atoms with E-state index in [9.17, 15) is 8.78 Å². The van der Waals surface area contributed by atoms with Gasteiger partial charge in [-0.1, -0.05) is 37.3 Å². The number of halogens is 2. The molecule has 2 N–H and O–H groups in total. The van der Waals surface area contributed by atoms with Gasteiger partial charge in [0, 0.05) is 25.2 Å². The Morgan fingerprint density at radius 3 is 2.19 bits per heavy atom. The van der Waals surface area contributed by atoms with Crippen molar-refractivity contribution in [3.8, 4) is 0 Å². The minimum Gasteiger partial charge on any atom is -0.372 e. The average Bonchev–Trinajstić information content (AvgIpc) is 2.47. The fourth-order valence-electron chi connectivity index (χ4n) is 2.46.